The molecule has 0 spiro atoms. The maximum Gasteiger partial charge on any atom is 0.276 e. The first-order chi connectivity index (χ1) is 16.0. The van der Waals surface area contributed by atoms with E-state index in [2.05, 4.69) is 26.1 Å². The minimum Gasteiger partial charge on any atom is -0.483 e. The van der Waals surface area contributed by atoms with Crippen LogP contribution in [0.15, 0.2) is 77.7 Å². The van der Waals surface area contributed by atoms with Gasteiger partial charge in [0.1, 0.15) is 5.75 Å². The van der Waals surface area contributed by atoms with Crippen molar-refractivity contribution in [2.75, 3.05) is 6.61 Å². The molecule has 2 aromatic heterocycles. The number of benzene rings is 2. The molecule has 0 aliphatic rings. The third kappa shape index (κ3) is 4.96. The number of aromatic amines is 1. The van der Waals surface area contributed by atoms with Gasteiger partial charge < -0.3 is 4.74 Å². The molecule has 0 fully saturated rings. The van der Waals surface area contributed by atoms with Crippen molar-refractivity contribution in [3.8, 4) is 22.7 Å². The molecule has 3 N–H and O–H groups in total. The molecule has 0 saturated heterocycles. The summed E-state index contributed by atoms with van der Waals surface area (Å²) in [6.07, 6.45) is 1.34. The summed E-state index contributed by atoms with van der Waals surface area (Å²) in [5.41, 5.74) is 6.86. The van der Waals surface area contributed by atoms with E-state index in [9.17, 15) is 14.4 Å². The van der Waals surface area contributed by atoms with Crippen LogP contribution in [-0.2, 0) is 4.79 Å². The minimum atomic E-state index is -0.554. The maximum absolute atomic E-state index is 12.5. The summed E-state index contributed by atoms with van der Waals surface area (Å²) in [5.74, 6) is -0.184. The Hall–Kier alpha value is -4.73. The van der Waals surface area contributed by atoms with Gasteiger partial charge in [-0.15, -0.1) is 0 Å². The Morgan fingerprint density at radius 2 is 1.76 bits per heavy atom. The van der Waals surface area contributed by atoms with E-state index in [4.69, 9.17) is 4.74 Å². The fourth-order valence-electron chi connectivity index (χ4n) is 3.14. The summed E-state index contributed by atoms with van der Waals surface area (Å²) in [6.45, 7) is 1.38. The molecular weight excluding hydrogens is 424 g/mol. The molecule has 0 atom stereocenters. The third-order valence-corrected chi connectivity index (χ3v) is 4.78. The van der Waals surface area contributed by atoms with Gasteiger partial charge in [-0.3, -0.25) is 25.2 Å². The van der Waals surface area contributed by atoms with Crippen molar-refractivity contribution in [2.24, 2.45) is 0 Å². The van der Waals surface area contributed by atoms with Crippen LogP contribution in [0.25, 0.3) is 16.9 Å². The first kappa shape index (κ1) is 21.5. The Balaban J connectivity index is 1.35. The Kier molecular flexibility index (Phi) is 6.26. The molecule has 0 aliphatic heterocycles. The van der Waals surface area contributed by atoms with Crippen LogP contribution in [-0.4, -0.2) is 38.4 Å². The molecule has 4 rings (SSSR count). The van der Waals surface area contributed by atoms with Gasteiger partial charge in [0.2, 0.25) is 0 Å². The van der Waals surface area contributed by atoms with Crippen LogP contribution in [0.4, 0.5) is 0 Å². The maximum atomic E-state index is 12.5. The molecule has 4 aromatic rings. The molecule has 33 heavy (non-hydrogen) atoms. The van der Waals surface area contributed by atoms with Gasteiger partial charge in [0.15, 0.2) is 12.4 Å². The van der Waals surface area contributed by atoms with E-state index in [1.807, 2.05) is 48.5 Å². The van der Waals surface area contributed by atoms with Crippen molar-refractivity contribution in [1.82, 2.24) is 30.8 Å². The minimum absolute atomic E-state index is 0.235. The lowest BCUT2D eigenvalue weighted by Crippen LogP contribution is -2.44. The summed E-state index contributed by atoms with van der Waals surface area (Å²) >= 11 is 0. The molecule has 0 unspecified atom stereocenters. The first-order valence-corrected chi connectivity index (χ1v) is 10.00. The molecule has 0 saturated carbocycles. The predicted molar refractivity (Wildman–Crippen MR) is 120 cm³/mol. The summed E-state index contributed by atoms with van der Waals surface area (Å²) in [7, 11) is 0. The highest BCUT2D eigenvalue weighted by atomic mass is 16.5. The number of aromatic nitrogens is 4. The van der Waals surface area contributed by atoms with Crippen LogP contribution in [0.5, 0.6) is 5.75 Å². The lowest BCUT2D eigenvalue weighted by atomic mass is 10.1. The van der Waals surface area contributed by atoms with E-state index in [-0.39, 0.29) is 17.7 Å². The van der Waals surface area contributed by atoms with Crippen LogP contribution in [0, 0.1) is 6.92 Å². The van der Waals surface area contributed by atoms with E-state index in [1.54, 1.807) is 13.0 Å². The Morgan fingerprint density at radius 3 is 2.52 bits per heavy atom. The topological polar surface area (TPSA) is 131 Å². The molecule has 10 heteroatoms. The van der Waals surface area contributed by atoms with Crippen molar-refractivity contribution < 1.29 is 14.3 Å². The molecule has 0 bridgehead atoms. The average molecular weight is 444 g/mol. The molecule has 2 heterocycles. The standard InChI is InChI=1S/C23H20N6O4/c1-15-18(13-24-29(15)20-11-12-21(30)26-25-20)23(32)28-27-22(31)14-33-19-10-6-5-9-17(19)16-7-3-2-4-8-16/h2-13H,14H2,1H3,(H,26,30)(H,27,31)(H,28,32). The molecule has 10 nitrogen and oxygen atoms in total. The first-order valence-electron chi connectivity index (χ1n) is 10.00. The monoisotopic (exact) mass is 444 g/mol. The van der Waals surface area contributed by atoms with Gasteiger partial charge in [-0.1, -0.05) is 48.5 Å². The van der Waals surface area contributed by atoms with Crippen molar-refractivity contribution >= 4 is 11.8 Å². The number of H-pyrrole nitrogens is 1. The molecule has 2 aromatic carbocycles. The second-order valence-electron chi connectivity index (χ2n) is 6.99. The Morgan fingerprint density at radius 1 is 1.00 bits per heavy atom. The van der Waals surface area contributed by atoms with Crippen LogP contribution in [0.2, 0.25) is 0 Å². The van der Waals surface area contributed by atoms with Crippen molar-refractivity contribution in [2.45, 2.75) is 6.92 Å². The van der Waals surface area contributed by atoms with Crippen LogP contribution in [0.1, 0.15) is 16.1 Å². The fraction of sp³-hybridized carbons (Fsp3) is 0.0870. The van der Waals surface area contributed by atoms with Crippen LogP contribution >= 0.6 is 0 Å². The number of hydrogen-bond donors (Lipinski definition) is 3. The largest absolute Gasteiger partial charge is 0.483 e. The van der Waals surface area contributed by atoms with Crippen molar-refractivity contribution in [3.05, 3.63) is 94.5 Å². The number of carbonyl (C=O) groups is 2. The van der Waals surface area contributed by atoms with Crippen LogP contribution in [0.3, 0.4) is 0 Å². The van der Waals surface area contributed by atoms with E-state index in [1.165, 1.54) is 23.0 Å². The highest BCUT2D eigenvalue weighted by Gasteiger charge is 2.17. The summed E-state index contributed by atoms with van der Waals surface area (Å²) < 4.78 is 7.07. The number of hydrogen-bond acceptors (Lipinski definition) is 6. The van der Waals surface area contributed by atoms with Gasteiger partial charge >= 0.3 is 0 Å². The number of hydrazine groups is 1. The number of rotatable bonds is 6. The normalized spacial score (nSPS) is 10.5. The van der Waals surface area contributed by atoms with Gasteiger partial charge in [0.05, 0.1) is 17.5 Å². The third-order valence-electron chi connectivity index (χ3n) is 4.78. The summed E-state index contributed by atoms with van der Waals surface area (Å²) in [6, 6.07) is 19.8. The number of para-hydroxylation sites is 1. The lowest BCUT2D eigenvalue weighted by Gasteiger charge is -2.12. The number of amides is 2. The Bertz CT molecular complexity index is 1330. The van der Waals surface area contributed by atoms with Gasteiger partial charge in [-0.05, 0) is 24.6 Å². The highest BCUT2D eigenvalue weighted by Crippen LogP contribution is 2.29. The van der Waals surface area contributed by atoms with E-state index >= 15 is 0 Å². The number of nitrogens with zero attached hydrogens (tertiary/aromatic N) is 3. The predicted octanol–water partition coefficient (Wildman–Crippen LogP) is 1.77. The van der Waals surface area contributed by atoms with Gasteiger partial charge in [0.25, 0.3) is 17.4 Å². The molecule has 0 aliphatic carbocycles. The zero-order valence-electron chi connectivity index (χ0n) is 17.6. The summed E-state index contributed by atoms with van der Waals surface area (Å²) in [4.78, 5) is 35.9. The number of ether oxygens (including phenoxy) is 1. The molecular formula is C23H20N6O4. The second-order valence-corrected chi connectivity index (χ2v) is 6.99. The number of carbonyl (C=O) groups excluding carboxylic acids is 2. The van der Waals surface area contributed by atoms with Crippen molar-refractivity contribution in [3.63, 3.8) is 0 Å². The van der Waals surface area contributed by atoms with E-state index in [0.717, 1.165) is 11.1 Å². The van der Waals surface area contributed by atoms with E-state index in [0.29, 0.717) is 17.3 Å². The highest BCUT2D eigenvalue weighted by molar-refractivity contribution is 5.96. The van der Waals surface area contributed by atoms with E-state index < -0.39 is 11.8 Å². The van der Waals surface area contributed by atoms with Crippen LogP contribution < -0.4 is 21.1 Å². The Labute approximate surface area is 188 Å². The zero-order valence-corrected chi connectivity index (χ0v) is 17.6. The lowest BCUT2D eigenvalue weighted by molar-refractivity contribution is -0.123. The van der Waals surface area contributed by atoms with Gasteiger partial charge in [-0.25, -0.2) is 9.78 Å². The summed E-state index contributed by atoms with van der Waals surface area (Å²) in [5, 5.41) is 10.3. The zero-order chi connectivity index (χ0) is 23.2. The van der Waals surface area contributed by atoms with Crippen molar-refractivity contribution in [1.29, 1.82) is 0 Å². The number of nitrogens with one attached hydrogen (secondary N) is 3. The molecule has 166 valence electrons. The van der Waals surface area contributed by atoms with Gasteiger partial charge in [0, 0.05) is 11.6 Å². The fourth-order valence-corrected chi connectivity index (χ4v) is 3.14. The SMILES string of the molecule is Cc1c(C(=O)NNC(=O)COc2ccccc2-c2ccccc2)cnn1-c1ccc(=O)[nH]n1. The second kappa shape index (κ2) is 9.60. The average Bonchev–Trinajstić information content (AvgIpc) is 3.23. The molecule has 2 amide bonds. The van der Waals surface area contributed by atoms with Gasteiger partial charge in [-0.2, -0.15) is 10.2 Å². The molecule has 0 radical (unpaired) electrons. The smallest absolute Gasteiger partial charge is 0.276 e. The quantitative estimate of drug-likeness (QED) is 0.389.